The number of piperidine rings is 1. The lowest BCUT2D eigenvalue weighted by Gasteiger charge is -2.36. The van der Waals surface area contributed by atoms with Crippen LogP contribution in [-0.4, -0.2) is 54.8 Å². The summed E-state index contributed by atoms with van der Waals surface area (Å²) in [5.41, 5.74) is 0.931. The summed E-state index contributed by atoms with van der Waals surface area (Å²) in [6, 6.07) is 9.81. The maximum Gasteiger partial charge on any atom is 0.222 e. The smallest absolute Gasteiger partial charge is 0.222 e. The fourth-order valence-electron chi connectivity index (χ4n) is 3.07. The second kappa shape index (κ2) is 7.53. The van der Waals surface area contributed by atoms with Crippen LogP contribution in [0.25, 0.3) is 11.4 Å². The predicted octanol–water partition coefficient (Wildman–Crippen LogP) is 1.49. The molecule has 1 N–H and O–H groups in total. The van der Waals surface area contributed by atoms with Crippen LogP contribution >= 0.6 is 0 Å². The van der Waals surface area contributed by atoms with Crippen LogP contribution in [0.15, 0.2) is 30.3 Å². The van der Waals surface area contributed by atoms with Gasteiger partial charge in [0.25, 0.3) is 0 Å². The third-order valence-electron chi connectivity index (χ3n) is 4.40. The van der Waals surface area contributed by atoms with Gasteiger partial charge in [-0.25, -0.2) is 0 Å². The van der Waals surface area contributed by atoms with Gasteiger partial charge in [0.05, 0.1) is 12.6 Å². The summed E-state index contributed by atoms with van der Waals surface area (Å²) in [6.07, 6.45) is 2.19. The fourth-order valence-corrected chi connectivity index (χ4v) is 3.07. The first kappa shape index (κ1) is 16.6. The van der Waals surface area contributed by atoms with Gasteiger partial charge in [-0.1, -0.05) is 30.3 Å². The molecule has 3 rings (SSSR count). The molecule has 0 radical (unpaired) electrons. The van der Waals surface area contributed by atoms with Crippen LogP contribution in [0.2, 0.25) is 0 Å². The van der Waals surface area contributed by atoms with E-state index in [-0.39, 0.29) is 18.1 Å². The number of carbonyl (C=O) groups excluding carboxylic acids is 1. The molecule has 0 spiro atoms. The Morgan fingerprint density at radius 2 is 2.12 bits per heavy atom. The SMILES string of the molecule is C[C@H]1C[C@@H](O)CCN1C(=O)CCCn1nnc(-c2ccccc2)n1. The number of aliphatic hydroxyl groups is 1. The van der Waals surface area contributed by atoms with E-state index in [1.807, 2.05) is 42.2 Å². The van der Waals surface area contributed by atoms with Gasteiger partial charge in [-0.05, 0) is 31.4 Å². The molecule has 128 valence electrons. The van der Waals surface area contributed by atoms with Crippen molar-refractivity contribution in [2.75, 3.05) is 6.54 Å². The largest absolute Gasteiger partial charge is 0.393 e. The van der Waals surface area contributed by atoms with Gasteiger partial charge >= 0.3 is 0 Å². The fraction of sp³-hybridized carbons (Fsp3) is 0.529. The quantitative estimate of drug-likeness (QED) is 0.898. The van der Waals surface area contributed by atoms with Crippen molar-refractivity contribution >= 4 is 5.91 Å². The molecule has 7 nitrogen and oxygen atoms in total. The van der Waals surface area contributed by atoms with Crippen LogP contribution in [-0.2, 0) is 11.3 Å². The van der Waals surface area contributed by atoms with E-state index in [0.717, 1.165) is 5.56 Å². The normalized spacial score (nSPS) is 21.0. The van der Waals surface area contributed by atoms with Gasteiger partial charge in [0, 0.05) is 24.6 Å². The minimum atomic E-state index is -0.278. The molecular formula is C17H23N5O2. The Labute approximate surface area is 141 Å². The summed E-state index contributed by atoms with van der Waals surface area (Å²) in [4.78, 5) is 15.7. The summed E-state index contributed by atoms with van der Waals surface area (Å²) >= 11 is 0. The Morgan fingerprint density at radius 1 is 1.33 bits per heavy atom. The number of hydrogen-bond acceptors (Lipinski definition) is 5. The van der Waals surface area contributed by atoms with Crippen LogP contribution in [0.4, 0.5) is 0 Å². The van der Waals surface area contributed by atoms with Crippen LogP contribution in [0.5, 0.6) is 0 Å². The highest BCUT2D eigenvalue weighted by Gasteiger charge is 2.27. The lowest BCUT2D eigenvalue weighted by Crippen LogP contribution is -2.46. The van der Waals surface area contributed by atoms with Gasteiger partial charge in [-0.15, -0.1) is 10.2 Å². The molecule has 0 saturated carbocycles. The average Bonchev–Trinajstić information content (AvgIpc) is 3.04. The summed E-state index contributed by atoms with van der Waals surface area (Å²) in [5.74, 6) is 0.735. The highest BCUT2D eigenvalue weighted by atomic mass is 16.3. The number of aryl methyl sites for hydroxylation is 1. The molecule has 0 bridgehead atoms. The van der Waals surface area contributed by atoms with Crippen LogP contribution in [0, 0.1) is 0 Å². The first-order valence-corrected chi connectivity index (χ1v) is 8.44. The van der Waals surface area contributed by atoms with E-state index in [2.05, 4.69) is 15.4 Å². The molecule has 24 heavy (non-hydrogen) atoms. The van der Waals surface area contributed by atoms with Gasteiger partial charge in [0.15, 0.2) is 0 Å². The summed E-state index contributed by atoms with van der Waals surface area (Å²) in [6.45, 7) is 3.20. The van der Waals surface area contributed by atoms with Crippen LogP contribution < -0.4 is 0 Å². The Bertz CT molecular complexity index is 673. The van der Waals surface area contributed by atoms with E-state index in [1.54, 1.807) is 4.80 Å². The van der Waals surface area contributed by atoms with Crippen molar-refractivity contribution in [3.63, 3.8) is 0 Å². The number of nitrogens with zero attached hydrogens (tertiary/aromatic N) is 5. The zero-order valence-corrected chi connectivity index (χ0v) is 13.9. The van der Waals surface area contributed by atoms with Crippen molar-refractivity contribution in [2.24, 2.45) is 0 Å². The zero-order chi connectivity index (χ0) is 16.9. The number of likely N-dealkylation sites (tertiary alicyclic amines) is 1. The lowest BCUT2D eigenvalue weighted by molar-refractivity contribution is -0.136. The van der Waals surface area contributed by atoms with E-state index in [4.69, 9.17) is 0 Å². The molecule has 2 aromatic rings. The summed E-state index contributed by atoms with van der Waals surface area (Å²) in [7, 11) is 0. The van der Waals surface area contributed by atoms with Crippen LogP contribution in [0.1, 0.15) is 32.6 Å². The van der Waals surface area contributed by atoms with Crippen molar-refractivity contribution < 1.29 is 9.90 Å². The topological polar surface area (TPSA) is 84.1 Å². The van der Waals surface area contributed by atoms with Gasteiger partial charge in [0.2, 0.25) is 11.7 Å². The Morgan fingerprint density at radius 3 is 2.88 bits per heavy atom. The second-order valence-corrected chi connectivity index (χ2v) is 6.29. The molecule has 1 saturated heterocycles. The van der Waals surface area contributed by atoms with Gasteiger partial charge in [-0.2, -0.15) is 4.80 Å². The van der Waals surface area contributed by atoms with Crippen molar-refractivity contribution in [2.45, 2.75) is 51.3 Å². The maximum atomic E-state index is 12.3. The maximum absolute atomic E-state index is 12.3. The third-order valence-corrected chi connectivity index (χ3v) is 4.40. The van der Waals surface area contributed by atoms with E-state index in [9.17, 15) is 9.90 Å². The van der Waals surface area contributed by atoms with E-state index < -0.39 is 0 Å². The molecule has 0 aliphatic carbocycles. The van der Waals surface area contributed by atoms with Gasteiger partial charge in [0.1, 0.15) is 0 Å². The van der Waals surface area contributed by atoms with Crippen molar-refractivity contribution in [3.8, 4) is 11.4 Å². The van der Waals surface area contributed by atoms with E-state index in [1.165, 1.54) is 0 Å². The molecule has 1 aromatic heterocycles. The number of carbonyl (C=O) groups is 1. The molecule has 1 fully saturated rings. The number of hydrogen-bond donors (Lipinski definition) is 1. The number of amides is 1. The number of aliphatic hydroxyl groups excluding tert-OH is 1. The van der Waals surface area contributed by atoms with Crippen molar-refractivity contribution in [3.05, 3.63) is 30.3 Å². The third kappa shape index (κ3) is 3.97. The zero-order valence-electron chi connectivity index (χ0n) is 13.9. The number of benzene rings is 1. The first-order valence-electron chi connectivity index (χ1n) is 8.44. The van der Waals surface area contributed by atoms with E-state index >= 15 is 0 Å². The highest BCUT2D eigenvalue weighted by Crippen LogP contribution is 2.18. The first-order chi connectivity index (χ1) is 11.6. The minimum Gasteiger partial charge on any atom is -0.393 e. The summed E-state index contributed by atoms with van der Waals surface area (Å²) < 4.78 is 0. The monoisotopic (exact) mass is 329 g/mol. The van der Waals surface area contributed by atoms with E-state index in [0.29, 0.717) is 44.6 Å². The van der Waals surface area contributed by atoms with Crippen molar-refractivity contribution in [1.29, 1.82) is 0 Å². The Balaban J connectivity index is 1.48. The minimum absolute atomic E-state index is 0.107. The van der Waals surface area contributed by atoms with Crippen molar-refractivity contribution in [1.82, 2.24) is 25.1 Å². The lowest BCUT2D eigenvalue weighted by atomic mass is 10.0. The number of aromatic nitrogens is 4. The number of rotatable bonds is 5. The van der Waals surface area contributed by atoms with Gasteiger partial charge < -0.3 is 10.0 Å². The Hall–Kier alpha value is -2.28. The summed E-state index contributed by atoms with van der Waals surface area (Å²) in [5, 5.41) is 22.1. The molecular weight excluding hydrogens is 306 g/mol. The average molecular weight is 329 g/mol. The van der Waals surface area contributed by atoms with Crippen LogP contribution in [0.3, 0.4) is 0 Å². The standard InChI is InChI=1S/C17H23N5O2/c1-13-12-15(23)9-11-21(13)16(24)8-5-10-22-19-17(18-20-22)14-6-3-2-4-7-14/h2-4,6-7,13,15,23H,5,8-12H2,1H3/t13-,15-/m0/s1. The molecule has 7 heteroatoms. The highest BCUT2D eigenvalue weighted by molar-refractivity contribution is 5.76. The molecule has 2 heterocycles. The molecule has 1 aliphatic heterocycles. The Kier molecular flexibility index (Phi) is 5.20. The molecule has 1 aliphatic rings. The van der Waals surface area contributed by atoms with Gasteiger partial charge in [-0.3, -0.25) is 4.79 Å². The molecule has 2 atom stereocenters. The molecule has 0 unspecified atom stereocenters. The number of tetrazole rings is 1. The second-order valence-electron chi connectivity index (χ2n) is 6.29. The predicted molar refractivity (Wildman–Crippen MR) is 88.9 cm³/mol. The molecule has 1 amide bonds. The molecule has 1 aromatic carbocycles.